The molecule has 1 saturated heterocycles. The van der Waals surface area contributed by atoms with Crippen LogP contribution in [0.5, 0.6) is 0 Å². The molecule has 7 heteroatoms. The third-order valence-electron chi connectivity index (χ3n) is 2.94. The maximum Gasteiger partial charge on any atom is 0.229 e. The van der Waals surface area contributed by atoms with Gasteiger partial charge in [-0.1, -0.05) is 19.0 Å². The van der Waals surface area contributed by atoms with Gasteiger partial charge in [0.05, 0.1) is 5.69 Å². The van der Waals surface area contributed by atoms with Crippen LogP contribution < -0.4 is 4.90 Å². The average Bonchev–Trinajstić information content (AvgIpc) is 2.92. The number of nitrogens with zero attached hydrogens (tertiary/aromatic N) is 5. The number of amides is 1. The molecule has 0 bridgehead atoms. The lowest BCUT2D eigenvalue weighted by atomic mass is 10.1. The maximum absolute atomic E-state index is 11.9. The van der Waals surface area contributed by atoms with E-state index in [2.05, 4.69) is 28.9 Å². The van der Waals surface area contributed by atoms with Crippen molar-refractivity contribution in [3.8, 4) is 0 Å². The van der Waals surface area contributed by atoms with Gasteiger partial charge in [-0.25, -0.2) is 4.98 Å². The van der Waals surface area contributed by atoms with E-state index in [9.17, 15) is 4.79 Å². The average molecular weight is 265 g/mol. The summed E-state index contributed by atoms with van der Waals surface area (Å²) in [4.78, 5) is 20.8. The van der Waals surface area contributed by atoms with Crippen molar-refractivity contribution in [3.05, 3.63) is 21.5 Å². The van der Waals surface area contributed by atoms with Crippen LogP contribution in [0.4, 0.5) is 5.13 Å². The maximum atomic E-state index is 11.9. The lowest BCUT2D eigenvalue weighted by Gasteiger charge is -2.12. The second kappa shape index (κ2) is 5.37. The van der Waals surface area contributed by atoms with E-state index in [4.69, 9.17) is 5.53 Å². The van der Waals surface area contributed by atoms with Crippen molar-refractivity contribution in [1.82, 2.24) is 4.98 Å². The van der Waals surface area contributed by atoms with Crippen molar-refractivity contribution >= 4 is 22.4 Å². The molecule has 0 N–H and O–H groups in total. The van der Waals surface area contributed by atoms with E-state index in [1.165, 1.54) is 11.3 Å². The Hall–Kier alpha value is -1.59. The second-order valence-corrected chi connectivity index (χ2v) is 5.53. The summed E-state index contributed by atoms with van der Waals surface area (Å²) in [5.74, 6) is 0.546. The van der Waals surface area contributed by atoms with E-state index in [0.29, 0.717) is 25.4 Å². The molecular formula is C11H15N5OS. The molecule has 1 amide bonds. The first kappa shape index (κ1) is 12.9. The summed E-state index contributed by atoms with van der Waals surface area (Å²) < 4.78 is 0. The smallest absolute Gasteiger partial charge is 0.229 e. The van der Waals surface area contributed by atoms with Gasteiger partial charge in [-0.05, 0) is 17.4 Å². The van der Waals surface area contributed by atoms with Crippen molar-refractivity contribution in [3.63, 3.8) is 0 Å². The van der Waals surface area contributed by atoms with Gasteiger partial charge in [0.15, 0.2) is 5.13 Å². The fourth-order valence-corrected chi connectivity index (χ4v) is 2.92. The van der Waals surface area contributed by atoms with Gasteiger partial charge in [-0.3, -0.25) is 9.69 Å². The molecule has 2 rings (SSSR count). The van der Waals surface area contributed by atoms with E-state index in [1.807, 2.05) is 5.38 Å². The van der Waals surface area contributed by atoms with Crippen LogP contribution in [0.25, 0.3) is 10.4 Å². The fourth-order valence-electron chi connectivity index (χ4n) is 1.91. The van der Waals surface area contributed by atoms with Gasteiger partial charge in [0.1, 0.15) is 0 Å². The van der Waals surface area contributed by atoms with Crippen molar-refractivity contribution in [2.45, 2.75) is 26.2 Å². The third-order valence-corrected chi connectivity index (χ3v) is 3.82. The molecule has 1 atom stereocenters. The predicted molar refractivity (Wildman–Crippen MR) is 70.7 cm³/mol. The third kappa shape index (κ3) is 2.63. The molecule has 18 heavy (non-hydrogen) atoms. The van der Waals surface area contributed by atoms with Gasteiger partial charge in [0.2, 0.25) is 5.91 Å². The van der Waals surface area contributed by atoms with Crippen LogP contribution in [-0.2, 0) is 4.79 Å². The number of azide groups is 1. The molecule has 0 radical (unpaired) electrons. The molecule has 1 aliphatic rings. The van der Waals surface area contributed by atoms with Crippen molar-refractivity contribution in [1.29, 1.82) is 0 Å². The topological polar surface area (TPSA) is 82.0 Å². The zero-order valence-corrected chi connectivity index (χ0v) is 11.2. The number of hydrogen-bond donors (Lipinski definition) is 0. The highest BCUT2D eigenvalue weighted by Crippen LogP contribution is 2.30. The van der Waals surface area contributed by atoms with E-state index >= 15 is 0 Å². The van der Waals surface area contributed by atoms with Crippen LogP contribution in [0.15, 0.2) is 10.5 Å². The summed E-state index contributed by atoms with van der Waals surface area (Å²) in [5, 5.41) is 6.29. The van der Waals surface area contributed by atoms with E-state index < -0.39 is 0 Å². The van der Waals surface area contributed by atoms with Crippen molar-refractivity contribution < 1.29 is 4.79 Å². The lowest BCUT2D eigenvalue weighted by molar-refractivity contribution is -0.117. The Morgan fingerprint density at radius 2 is 2.50 bits per heavy atom. The number of carbonyl (C=O) groups excluding carboxylic acids is 1. The zero-order chi connectivity index (χ0) is 13.1. The Bertz CT molecular complexity index is 491. The van der Waals surface area contributed by atoms with E-state index in [-0.39, 0.29) is 11.8 Å². The molecule has 0 aliphatic carbocycles. The summed E-state index contributed by atoms with van der Waals surface area (Å²) in [7, 11) is 0. The number of aromatic nitrogens is 1. The molecule has 0 spiro atoms. The summed E-state index contributed by atoms with van der Waals surface area (Å²) in [5.41, 5.74) is 9.30. The summed E-state index contributed by atoms with van der Waals surface area (Å²) in [6.45, 7) is 5.13. The van der Waals surface area contributed by atoms with Gasteiger partial charge < -0.3 is 0 Å². The minimum atomic E-state index is 0.0674. The molecule has 0 aromatic carbocycles. The van der Waals surface area contributed by atoms with Gasteiger partial charge >= 0.3 is 0 Å². The van der Waals surface area contributed by atoms with Gasteiger partial charge in [-0.15, -0.1) is 11.3 Å². The molecule has 1 fully saturated rings. The highest BCUT2D eigenvalue weighted by Gasteiger charge is 2.31. The SMILES string of the molecule is CC(C)c1csc(N2CC(CN=[N+]=[N-])CC2=O)n1. The first-order chi connectivity index (χ1) is 8.61. The largest absolute Gasteiger partial charge is 0.288 e. The molecule has 1 unspecified atom stereocenters. The highest BCUT2D eigenvalue weighted by atomic mass is 32.1. The Balaban J connectivity index is 2.08. The normalized spacial score (nSPS) is 19.4. The molecule has 1 aliphatic heterocycles. The molecule has 6 nitrogen and oxygen atoms in total. The molecule has 1 aromatic heterocycles. The molecular weight excluding hydrogens is 250 g/mol. The Kier molecular flexibility index (Phi) is 3.84. The molecule has 0 saturated carbocycles. The van der Waals surface area contributed by atoms with Crippen LogP contribution in [0, 0.1) is 5.92 Å². The van der Waals surface area contributed by atoms with Gasteiger partial charge in [0, 0.05) is 29.8 Å². The molecule has 2 heterocycles. The van der Waals surface area contributed by atoms with Crippen LogP contribution in [0.2, 0.25) is 0 Å². The van der Waals surface area contributed by atoms with Gasteiger partial charge in [0.25, 0.3) is 0 Å². The summed E-state index contributed by atoms with van der Waals surface area (Å²) in [6, 6.07) is 0. The monoisotopic (exact) mass is 265 g/mol. The molecule has 96 valence electrons. The summed E-state index contributed by atoms with van der Waals surface area (Å²) in [6.07, 6.45) is 0.440. The first-order valence-corrected chi connectivity index (χ1v) is 6.76. The lowest BCUT2D eigenvalue weighted by Crippen LogP contribution is -2.24. The van der Waals surface area contributed by atoms with Crippen LogP contribution in [0.3, 0.4) is 0 Å². The quantitative estimate of drug-likeness (QED) is 0.476. The zero-order valence-electron chi connectivity index (χ0n) is 10.4. The second-order valence-electron chi connectivity index (χ2n) is 4.70. The minimum absolute atomic E-state index is 0.0674. The van der Waals surface area contributed by atoms with E-state index in [0.717, 1.165) is 10.8 Å². The van der Waals surface area contributed by atoms with E-state index in [1.54, 1.807) is 4.90 Å². The number of thiazole rings is 1. The number of anilines is 1. The number of hydrogen-bond acceptors (Lipinski definition) is 4. The van der Waals surface area contributed by atoms with Gasteiger partial charge in [-0.2, -0.15) is 0 Å². The van der Waals surface area contributed by atoms with Crippen LogP contribution in [0.1, 0.15) is 31.9 Å². The Morgan fingerprint density at radius 3 is 3.11 bits per heavy atom. The minimum Gasteiger partial charge on any atom is -0.288 e. The molecule has 1 aromatic rings. The Morgan fingerprint density at radius 1 is 1.72 bits per heavy atom. The predicted octanol–water partition coefficient (Wildman–Crippen LogP) is 2.93. The van der Waals surface area contributed by atoms with Crippen molar-refractivity contribution in [2.24, 2.45) is 11.0 Å². The fraction of sp³-hybridized carbons (Fsp3) is 0.636. The van der Waals surface area contributed by atoms with Crippen LogP contribution >= 0.6 is 11.3 Å². The standard InChI is InChI=1S/C11H15N5OS/c1-7(2)9-6-18-11(14-9)16-5-8(3-10(16)17)4-13-15-12/h6-8H,3-5H2,1-2H3. The van der Waals surface area contributed by atoms with Crippen LogP contribution in [-0.4, -0.2) is 24.0 Å². The first-order valence-electron chi connectivity index (χ1n) is 5.88. The number of carbonyl (C=O) groups is 1. The summed E-state index contributed by atoms with van der Waals surface area (Å²) >= 11 is 1.50. The van der Waals surface area contributed by atoms with Crippen molar-refractivity contribution in [2.75, 3.05) is 18.0 Å². The highest BCUT2D eigenvalue weighted by molar-refractivity contribution is 7.14. The Labute approximate surface area is 109 Å². The number of rotatable bonds is 4.